The maximum atomic E-state index is 5.71. The van der Waals surface area contributed by atoms with E-state index in [1.807, 2.05) is 0 Å². The van der Waals surface area contributed by atoms with Gasteiger partial charge >= 0.3 is 0 Å². The van der Waals surface area contributed by atoms with Crippen LogP contribution in [0.3, 0.4) is 0 Å². The number of nitrogens with two attached hydrogens (primary N) is 1. The zero-order valence-electron chi connectivity index (χ0n) is 6.55. The molecule has 0 aromatic heterocycles. The van der Waals surface area contributed by atoms with Crippen molar-refractivity contribution >= 4 is 0 Å². The van der Waals surface area contributed by atoms with E-state index < -0.39 is 0 Å². The molecular weight excluding hydrogens is 128 g/mol. The summed E-state index contributed by atoms with van der Waals surface area (Å²) in [6, 6.07) is 0.400. The van der Waals surface area contributed by atoms with Crippen LogP contribution in [0.5, 0.6) is 0 Å². The molecule has 1 heterocycles. The van der Waals surface area contributed by atoms with E-state index in [0.717, 1.165) is 32.7 Å². The van der Waals surface area contributed by atoms with Crippen LogP contribution in [0.2, 0.25) is 0 Å². The van der Waals surface area contributed by atoms with Crippen molar-refractivity contribution in [2.24, 2.45) is 5.73 Å². The third kappa shape index (κ3) is 2.25. The molecule has 2 N–H and O–H groups in total. The van der Waals surface area contributed by atoms with E-state index >= 15 is 0 Å². The van der Waals surface area contributed by atoms with Crippen LogP contribution < -0.4 is 5.73 Å². The van der Waals surface area contributed by atoms with Crippen molar-refractivity contribution in [3.05, 3.63) is 0 Å². The molecule has 0 radical (unpaired) electrons. The molecule has 1 fully saturated rings. The summed E-state index contributed by atoms with van der Waals surface area (Å²) in [4.78, 5) is 2.34. The molecule has 0 aliphatic carbocycles. The first-order valence-electron chi connectivity index (χ1n) is 3.80. The van der Waals surface area contributed by atoms with Crippen LogP contribution in [-0.4, -0.2) is 44.3 Å². The van der Waals surface area contributed by atoms with Crippen LogP contribution in [0, 0.1) is 0 Å². The maximum Gasteiger partial charge on any atom is 0.0589 e. The topological polar surface area (TPSA) is 38.5 Å². The van der Waals surface area contributed by atoms with Gasteiger partial charge in [0.2, 0.25) is 0 Å². The second kappa shape index (κ2) is 3.91. The van der Waals surface area contributed by atoms with Crippen molar-refractivity contribution < 1.29 is 4.74 Å². The molecule has 60 valence electrons. The summed E-state index contributed by atoms with van der Waals surface area (Å²) in [7, 11) is 1.73. The molecule has 0 amide bonds. The highest BCUT2D eigenvalue weighted by molar-refractivity contribution is 4.77. The molecule has 0 aromatic rings. The predicted octanol–water partition coefficient (Wildman–Crippen LogP) is -0.334. The van der Waals surface area contributed by atoms with Crippen molar-refractivity contribution in [3.63, 3.8) is 0 Å². The normalized spacial score (nSPS) is 27.6. The largest absolute Gasteiger partial charge is 0.383 e. The fourth-order valence-electron chi connectivity index (χ4n) is 1.29. The van der Waals surface area contributed by atoms with E-state index in [2.05, 4.69) is 4.90 Å². The van der Waals surface area contributed by atoms with Crippen molar-refractivity contribution in [1.82, 2.24) is 4.90 Å². The monoisotopic (exact) mass is 144 g/mol. The van der Waals surface area contributed by atoms with Crippen LogP contribution in [0.25, 0.3) is 0 Å². The van der Waals surface area contributed by atoms with Crippen molar-refractivity contribution in [2.75, 3.05) is 33.4 Å². The maximum absolute atomic E-state index is 5.71. The van der Waals surface area contributed by atoms with Crippen LogP contribution in [-0.2, 0) is 4.74 Å². The molecule has 0 spiro atoms. The predicted molar refractivity (Wildman–Crippen MR) is 40.9 cm³/mol. The minimum atomic E-state index is 0.400. The van der Waals surface area contributed by atoms with Crippen LogP contribution >= 0.6 is 0 Å². The summed E-state index contributed by atoms with van der Waals surface area (Å²) < 4.78 is 4.96. The molecule has 3 heteroatoms. The van der Waals surface area contributed by atoms with Gasteiger partial charge in [-0.2, -0.15) is 0 Å². The lowest BCUT2D eigenvalue weighted by molar-refractivity contribution is 0.160. The number of hydrogen-bond acceptors (Lipinski definition) is 3. The Bertz CT molecular complexity index is 97.6. The van der Waals surface area contributed by atoms with Gasteiger partial charge in [0.15, 0.2) is 0 Å². The highest BCUT2D eigenvalue weighted by Crippen LogP contribution is 2.05. The van der Waals surface area contributed by atoms with E-state index in [1.165, 1.54) is 0 Å². The average Bonchev–Trinajstić information content (AvgIpc) is 2.31. The summed E-state index contributed by atoms with van der Waals surface area (Å²) >= 11 is 0. The van der Waals surface area contributed by atoms with Crippen molar-refractivity contribution in [1.29, 1.82) is 0 Å². The highest BCUT2D eigenvalue weighted by atomic mass is 16.5. The van der Waals surface area contributed by atoms with Crippen LogP contribution in [0.4, 0.5) is 0 Å². The fourth-order valence-corrected chi connectivity index (χ4v) is 1.29. The van der Waals surface area contributed by atoms with E-state index in [1.54, 1.807) is 7.11 Å². The Hall–Kier alpha value is -0.120. The van der Waals surface area contributed by atoms with Gasteiger partial charge in [0.1, 0.15) is 0 Å². The second-order valence-corrected chi connectivity index (χ2v) is 2.84. The standard InChI is InChI=1S/C7H16N2O/c1-10-5-4-9-3-2-7(8)6-9/h7H,2-6,8H2,1H3. The molecule has 1 rings (SSSR count). The van der Waals surface area contributed by atoms with Crippen LogP contribution in [0.15, 0.2) is 0 Å². The van der Waals surface area contributed by atoms with E-state index in [-0.39, 0.29) is 0 Å². The number of hydrogen-bond donors (Lipinski definition) is 1. The van der Waals surface area contributed by atoms with Gasteiger partial charge in [-0.05, 0) is 13.0 Å². The van der Waals surface area contributed by atoms with Gasteiger partial charge in [-0.3, -0.25) is 4.90 Å². The van der Waals surface area contributed by atoms with Crippen molar-refractivity contribution in [3.8, 4) is 0 Å². The van der Waals surface area contributed by atoms with E-state index in [4.69, 9.17) is 10.5 Å². The summed E-state index contributed by atoms with van der Waals surface area (Å²) in [6.45, 7) is 4.05. The molecule has 1 unspecified atom stereocenters. The van der Waals surface area contributed by atoms with Gasteiger partial charge in [-0.25, -0.2) is 0 Å². The number of methoxy groups -OCH3 is 1. The molecule has 0 saturated carbocycles. The van der Waals surface area contributed by atoms with Crippen molar-refractivity contribution in [2.45, 2.75) is 12.5 Å². The molecular formula is C7H16N2O. The van der Waals surface area contributed by atoms with Gasteiger partial charge < -0.3 is 10.5 Å². The number of likely N-dealkylation sites (tertiary alicyclic amines) is 1. The van der Waals surface area contributed by atoms with E-state index in [9.17, 15) is 0 Å². The Balaban J connectivity index is 2.06. The van der Waals surface area contributed by atoms with Gasteiger partial charge in [-0.1, -0.05) is 0 Å². The number of nitrogens with zero attached hydrogens (tertiary/aromatic N) is 1. The molecule has 3 nitrogen and oxygen atoms in total. The Kier molecular flexibility index (Phi) is 3.12. The first-order chi connectivity index (χ1) is 4.83. The molecule has 10 heavy (non-hydrogen) atoms. The van der Waals surface area contributed by atoms with E-state index in [0.29, 0.717) is 6.04 Å². The molecule has 0 bridgehead atoms. The Labute approximate surface area is 62.1 Å². The quantitative estimate of drug-likeness (QED) is 0.589. The molecule has 1 atom stereocenters. The second-order valence-electron chi connectivity index (χ2n) is 2.84. The molecule has 1 saturated heterocycles. The summed E-state index contributed by atoms with van der Waals surface area (Å²) in [5.41, 5.74) is 5.71. The Morgan fingerprint density at radius 1 is 1.70 bits per heavy atom. The smallest absolute Gasteiger partial charge is 0.0589 e. The highest BCUT2D eigenvalue weighted by Gasteiger charge is 2.17. The molecule has 1 aliphatic heterocycles. The summed E-state index contributed by atoms with van der Waals surface area (Å²) in [6.07, 6.45) is 1.14. The first kappa shape index (κ1) is 7.98. The van der Waals surface area contributed by atoms with Crippen LogP contribution in [0.1, 0.15) is 6.42 Å². The summed E-state index contributed by atoms with van der Waals surface area (Å²) in [5.74, 6) is 0. The number of ether oxygens (including phenoxy) is 1. The minimum Gasteiger partial charge on any atom is -0.383 e. The third-order valence-corrected chi connectivity index (χ3v) is 1.92. The lowest BCUT2D eigenvalue weighted by Crippen LogP contribution is -2.28. The fraction of sp³-hybridized carbons (Fsp3) is 1.00. The average molecular weight is 144 g/mol. The summed E-state index contributed by atoms with van der Waals surface area (Å²) in [5, 5.41) is 0. The molecule has 0 aromatic carbocycles. The third-order valence-electron chi connectivity index (χ3n) is 1.92. The Morgan fingerprint density at radius 2 is 2.50 bits per heavy atom. The van der Waals surface area contributed by atoms with Gasteiger partial charge in [0, 0.05) is 26.2 Å². The Morgan fingerprint density at radius 3 is 3.00 bits per heavy atom. The van der Waals surface area contributed by atoms with Gasteiger partial charge in [-0.15, -0.1) is 0 Å². The van der Waals surface area contributed by atoms with Gasteiger partial charge in [0.05, 0.1) is 6.61 Å². The van der Waals surface area contributed by atoms with Gasteiger partial charge in [0.25, 0.3) is 0 Å². The lowest BCUT2D eigenvalue weighted by Gasteiger charge is -2.13. The number of rotatable bonds is 3. The minimum absolute atomic E-state index is 0.400. The zero-order valence-corrected chi connectivity index (χ0v) is 6.55. The molecule has 1 aliphatic rings. The SMILES string of the molecule is COCCN1CCC(N)C1. The zero-order chi connectivity index (χ0) is 7.40. The first-order valence-corrected chi connectivity index (χ1v) is 3.80. The lowest BCUT2D eigenvalue weighted by atomic mass is 10.3.